The predicted molar refractivity (Wildman–Crippen MR) is 124 cm³/mol. The van der Waals surface area contributed by atoms with E-state index in [0.717, 1.165) is 25.0 Å². The van der Waals surface area contributed by atoms with Crippen LogP contribution in [0, 0.1) is 29.6 Å². The van der Waals surface area contributed by atoms with E-state index in [4.69, 9.17) is 4.74 Å². The summed E-state index contributed by atoms with van der Waals surface area (Å²) in [5, 5.41) is 0. The molecule has 3 aliphatic rings. The second-order valence-electron chi connectivity index (χ2n) is 9.57. The fourth-order valence-corrected chi connectivity index (χ4v) is 7.57. The van der Waals surface area contributed by atoms with Crippen LogP contribution in [0.4, 0.5) is 13.2 Å². The molecule has 2 saturated heterocycles. The number of carbonyl (C=O) groups is 1. The third-order valence-corrected chi connectivity index (χ3v) is 9.08. The molecule has 3 fully saturated rings. The number of esters is 1. The number of ether oxygens (including phenoxy) is 1. The fraction of sp³-hybridized carbons (Fsp3) is 0.462. The van der Waals surface area contributed by atoms with E-state index in [1.165, 1.54) is 6.07 Å². The molecule has 2 unspecified atom stereocenters. The van der Waals surface area contributed by atoms with Crippen molar-refractivity contribution in [3.63, 3.8) is 0 Å². The molecule has 0 radical (unpaired) electrons. The highest BCUT2D eigenvalue weighted by Crippen LogP contribution is 2.51. The van der Waals surface area contributed by atoms with Gasteiger partial charge in [-0.2, -0.15) is 13.2 Å². The molecule has 0 N–H and O–H groups in total. The summed E-state index contributed by atoms with van der Waals surface area (Å²) in [7, 11) is -0.829. The summed E-state index contributed by atoms with van der Waals surface area (Å²) >= 11 is 0. The van der Waals surface area contributed by atoms with Crippen molar-refractivity contribution in [2.24, 2.45) is 29.6 Å². The van der Waals surface area contributed by atoms with Gasteiger partial charge >= 0.3 is 12.1 Å². The Hall–Kier alpha value is -2.48. The molecule has 180 valence electrons. The Kier molecular flexibility index (Phi) is 6.12. The van der Waals surface area contributed by atoms with Crippen molar-refractivity contribution in [1.82, 2.24) is 4.98 Å². The van der Waals surface area contributed by atoms with Crippen LogP contribution in [0.1, 0.15) is 31.0 Å². The largest absolute Gasteiger partial charge is 0.462 e. The number of nitrogens with zero attached hydrogens (tertiary/aromatic N) is 1. The average Bonchev–Trinajstić information content (AvgIpc) is 3.09. The quantitative estimate of drug-likeness (QED) is 0.545. The number of pyridine rings is 1. The second-order valence-corrected chi connectivity index (χ2v) is 11.2. The number of fused-ring (bicyclic) bond motifs is 2. The van der Waals surface area contributed by atoms with Gasteiger partial charge in [0.25, 0.3) is 0 Å². The van der Waals surface area contributed by atoms with Crippen LogP contribution < -0.4 is 0 Å². The van der Waals surface area contributed by atoms with Gasteiger partial charge in [0.1, 0.15) is 6.10 Å². The number of rotatable bonds is 3. The third kappa shape index (κ3) is 4.44. The molecule has 2 aromatic rings. The van der Waals surface area contributed by atoms with Crippen LogP contribution >= 0.6 is 0 Å². The number of allylic oxidation sites excluding steroid dienone is 1. The van der Waals surface area contributed by atoms with E-state index in [2.05, 4.69) is 11.1 Å². The third-order valence-electron chi connectivity index (χ3n) is 7.59. The number of aromatic nitrogens is 1. The first-order valence-electron chi connectivity index (χ1n) is 11.6. The standard InChI is InChI=1S/C26H26F3NO3S/c1-15-24-22(21-9-10-34(32)14-18(21)12-23(24)25(31)33-15)8-7-20-6-5-17(13-30-20)16-3-2-4-19(11-16)26(27,28)29/h2-8,11,13,15,18,21-24H,9-10,12,14H2,1H3/b8-7+/t15-,18-,21?,22+,23-,24+,34?/m1/s1. The van der Waals surface area contributed by atoms with E-state index in [1.807, 2.05) is 13.0 Å². The Morgan fingerprint density at radius 1 is 1.18 bits per heavy atom. The molecule has 5 rings (SSSR count). The topological polar surface area (TPSA) is 56.3 Å². The summed E-state index contributed by atoms with van der Waals surface area (Å²) < 4.78 is 56.9. The van der Waals surface area contributed by atoms with Gasteiger partial charge in [0.2, 0.25) is 0 Å². The molecule has 0 amide bonds. The van der Waals surface area contributed by atoms with Crippen LogP contribution in [0.15, 0.2) is 48.7 Å². The maximum atomic E-state index is 13.0. The van der Waals surface area contributed by atoms with E-state index in [1.54, 1.807) is 24.4 Å². The van der Waals surface area contributed by atoms with Crippen LogP contribution in [-0.2, 0) is 26.5 Å². The molecule has 4 nitrogen and oxygen atoms in total. The Morgan fingerprint density at radius 2 is 2.00 bits per heavy atom. The molecule has 1 aliphatic carbocycles. The fourth-order valence-electron chi connectivity index (χ4n) is 6.01. The molecular weight excluding hydrogens is 463 g/mol. The Labute approximate surface area is 199 Å². The first-order valence-corrected chi connectivity index (χ1v) is 13.1. The number of benzene rings is 1. The summed E-state index contributed by atoms with van der Waals surface area (Å²) in [5.41, 5.74) is 1.08. The minimum atomic E-state index is -4.39. The summed E-state index contributed by atoms with van der Waals surface area (Å²) in [5.74, 6) is 1.87. The van der Waals surface area contributed by atoms with Crippen molar-refractivity contribution in [2.45, 2.75) is 32.0 Å². The average molecular weight is 490 g/mol. The number of hydrogen-bond acceptors (Lipinski definition) is 4. The lowest BCUT2D eigenvalue weighted by Gasteiger charge is -2.45. The van der Waals surface area contributed by atoms with E-state index in [-0.39, 0.29) is 35.7 Å². The maximum absolute atomic E-state index is 13.0. The number of cyclic esters (lactones) is 1. The number of carbonyl (C=O) groups excluding carboxylic acids is 1. The molecule has 1 saturated carbocycles. The summed E-state index contributed by atoms with van der Waals surface area (Å²) in [4.78, 5) is 16.9. The van der Waals surface area contributed by atoms with Crippen molar-refractivity contribution in [3.05, 3.63) is 59.9 Å². The zero-order chi connectivity index (χ0) is 24.0. The van der Waals surface area contributed by atoms with E-state index in [9.17, 15) is 22.2 Å². The van der Waals surface area contributed by atoms with Gasteiger partial charge in [-0.15, -0.1) is 0 Å². The molecule has 3 heterocycles. The molecule has 0 bridgehead atoms. The molecule has 34 heavy (non-hydrogen) atoms. The monoisotopic (exact) mass is 489 g/mol. The number of hydrogen-bond donors (Lipinski definition) is 0. The van der Waals surface area contributed by atoms with Gasteiger partial charge in [0.05, 0.1) is 17.2 Å². The normalized spacial score (nSPS) is 33.4. The molecule has 1 aromatic heterocycles. The minimum absolute atomic E-state index is 0.0981. The zero-order valence-corrected chi connectivity index (χ0v) is 19.5. The number of halogens is 3. The van der Waals surface area contributed by atoms with Crippen molar-refractivity contribution < 1.29 is 26.9 Å². The van der Waals surface area contributed by atoms with Crippen molar-refractivity contribution in [2.75, 3.05) is 11.5 Å². The Balaban J connectivity index is 1.38. The molecule has 7 atom stereocenters. The zero-order valence-electron chi connectivity index (χ0n) is 18.7. The Bertz CT molecular complexity index is 1130. The Morgan fingerprint density at radius 3 is 2.74 bits per heavy atom. The molecule has 1 aromatic carbocycles. The van der Waals surface area contributed by atoms with Crippen LogP contribution in [0.25, 0.3) is 17.2 Å². The molecule has 8 heteroatoms. The van der Waals surface area contributed by atoms with E-state index in [0.29, 0.717) is 34.2 Å². The van der Waals surface area contributed by atoms with Crippen LogP contribution in [0.5, 0.6) is 0 Å². The lowest BCUT2D eigenvalue weighted by Crippen LogP contribution is -2.46. The van der Waals surface area contributed by atoms with E-state index >= 15 is 0 Å². The highest BCUT2D eigenvalue weighted by atomic mass is 32.2. The highest BCUT2D eigenvalue weighted by Gasteiger charge is 2.54. The van der Waals surface area contributed by atoms with Gasteiger partial charge in [0, 0.05) is 40.0 Å². The van der Waals surface area contributed by atoms with Gasteiger partial charge in [-0.05, 0) is 67.4 Å². The van der Waals surface area contributed by atoms with Gasteiger partial charge < -0.3 is 4.74 Å². The smallest absolute Gasteiger partial charge is 0.416 e. The lowest BCUT2D eigenvalue weighted by molar-refractivity contribution is -0.144. The first-order chi connectivity index (χ1) is 16.2. The summed E-state index contributed by atoms with van der Waals surface area (Å²) in [6, 6.07) is 8.77. The predicted octanol–water partition coefficient (Wildman–Crippen LogP) is 5.36. The molecule has 0 spiro atoms. The SMILES string of the molecule is C[C@H]1OC(=O)[C@@H]2C[C@@H]3CS(=O)CCC3[C@H](/C=C/c3ccc(-c4cccc(C(F)(F)F)c4)cn3)[C@H]12. The van der Waals surface area contributed by atoms with Crippen molar-refractivity contribution in [1.29, 1.82) is 0 Å². The van der Waals surface area contributed by atoms with Crippen LogP contribution in [-0.4, -0.2) is 32.8 Å². The first kappa shape index (κ1) is 23.3. The summed E-state index contributed by atoms with van der Waals surface area (Å²) in [6.07, 6.45) is 2.70. The van der Waals surface area contributed by atoms with Crippen molar-refractivity contribution >= 4 is 22.8 Å². The van der Waals surface area contributed by atoms with Gasteiger partial charge in [-0.25, -0.2) is 0 Å². The maximum Gasteiger partial charge on any atom is 0.416 e. The van der Waals surface area contributed by atoms with Crippen LogP contribution in [0.3, 0.4) is 0 Å². The van der Waals surface area contributed by atoms with E-state index < -0.39 is 22.5 Å². The minimum Gasteiger partial charge on any atom is -0.462 e. The second kappa shape index (κ2) is 8.95. The molecule has 2 aliphatic heterocycles. The lowest BCUT2D eigenvalue weighted by atomic mass is 9.60. The molecular formula is C26H26F3NO3S. The summed E-state index contributed by atoms with van der Waals surface area (Å²) in [6.45, 7) is 1.95. The van der Waals surface area contributed by atoms with Gasteiger partial charge in [0.15, 0.2) is 0 Å². The van der Waals surface area contributed by atoms with Crippen LogP contribution in [0.2, 0.25) is 0 Å². The van der Waals surface area contributed by atoms with Gasteiger partial charge in [-0.3, -0.25) is 14.0 Å². The van der Waals surface area contributed by atoms with Gasteiger partial charge in [-0.1, -0.05) is 24.3 Å². The van der Waals surface area contributed by atoms with Crippen molar-refractivity contribution in [3.8, 4) is 11.1 Å². The highest BCUT2D eigenvalue weighted by molar-refractivity contribution is 7.85. The number of alkyl halides is 3.